The van der Waals surface area contributed by atoms with Crippen LogP contribution in [0.15, 0.2) is 42.6 Å². The number of aromatic nitrogens is 1. The van der Waals surface area contributed by atoms with Gasteiger partial charge in [-0.25, -0.2) is 0 Å². The molecule has 2 aromatic rings. The number of nitrogens with zero attached hydrogens (tertiary/aromatic N) is 1. The second kappa shape index (κ2) is 7.82. The molecule has 0 radical (unpaired) electrons. The second-order valence-corrected chi connectivity index (χ2v) is 5.41. The molecule has 0 spiro atoms. The van der Waals surface area contributed by atoms with Crippen molar-refractivity contribution < 1.29 is 4.74 Å². The lowest BCUT2D eigenvalue weighted by atomic mass is 9.94. The molecule has 2 nitrogen and oxygen atoms in total. The zero-order chi connectivity index (χ0) is 15.1. The standard InChI is InChI=1S/C19H25NO/c1-4-6-7-18-11-8-17(14-20-18)15(3)16-9-12-19(13-10-16)21-5-2/h8-15H,4-7H2,1-3H3. The first kappa shape index (κ1) is 15.6. The summed E-state index contributed by atoms with van der Waals surface area (Å²) in [6.45, 7) is 7.14. The Kier molecular flexibility index (Phi) is 5.79. The molecule has 1 aromatic heterocycles. The highest BCUT2D eigenvalue weighted by Crippen LogP contribution is 2.25. The molecule has 21 heavy (non-hydrogen) atoms. The zero-order valence-electron chi connectivity index (χ0n) is 13.3. The fraction of sp³-hybridized carbons (Fsp3) is 0.421. The molecule has 0 saturated heterocycles. The topological polar surface area (TPSA) is 22.1 Å². The van der Waals surface area contributed by atoms with Crippen LogP contribution in [0.25, 0.3) is 0 Å². The van der Waals surface area contributed by atoms with E-state index >= 15 is 0 Å². The monoisotopic (exact) mass is 283 g/mol. The minimum Gasteiger partial charge on any atom is -0.494 e. The van der Waals surface area contributed by atoms with E-state index < -0.39 is 0 Å². The Bertz CT molecular complexity index is 530. The molecule has 1 heterocycles. The van der Waals surface area contributed by atoms with E-state index in [2.05, 4.69) is 43.1 Å². The number of aryl methyl sites for hydroxylation is 1. The molecule has 1 atom stereocenters. The highest BCUT2D eigenvalue weighted by atomic mass is 16.5. The summed E-state index contributed by atoms with van der Waals surface area (Å²) < 4.78 is 5.49. The number of unbranched alkanes of at least 4 members (excludes halogenated alkanes) is 1. The van der Waals surface area contributed by atoms with Crippen LogP contribution in [-0.2, 0) is 6.42 Å². The second-order valence-electron chi connectivity index (χ2n) is 5.41. The molecule has 0 aliphatic heterocycles. The lowest BCUT2D eigenvalue weighted by Crippen LogP contribution is -1.99. The fourth-order valence-corrected chi connectivity index (χ4v) is 2.41. The quantitative estimate of drug-likeness (QED) is 0.715. The third-order valence-electron chi connectivity index (χ3n) is 3.83. The summed E-state index contributed by atoms with van der Waals surface area (Å²) in [6.07, 6.45) is 5.52. The first-order chi connectivity index (χ1) is 10.2. The van der Waals surface area contributed by atoms with Crippen molar-refractivity contribution in [1.29, 1.82) is 0 Å². The number of benzene rings is 1. The van der Waals surface area contributed by atoms with E-state index in [0.29, 0.717) is 12.5 Å². The highest BCUT2D eigenvalue weighted by molar-refractivity contribution is 5.34. The van der Waals surface area contributed by atoms with Crippen LogP contribution in [-0.4, -0.2) is 11.6 Å². The van der Waals surface area contributed by atoms with Crippen LogP contribution in [0.2, 0.25) is 0 Å². The third-order valence-corrected chi connectivity index (χ3v) is 3.83. The first-order valence-electron chi connectivity index (χ1n) is 7.92. The molecule has 0 bridgehead atoms. The lowest BCUT2D eigenvalue weighted by molar-refractivity contribution is 0.340. The van der Waals surface area contributed by atoms with Gasteiger partial charge in [0.25, 0.3) is 0 Å². The molecule has 1 aromatic carbocycles. The summed E-state index contributed by atoms with van der Waals surface area (Å²) in [5, 5.41) is 0. The molecule has 0 aliphatic rings. The maximum atomic E-state index is 5.49. The van der Waals surface area contributed by atoms with Crippen molar-refractivity contribution in [2.24, 2.45) is 0 Å². The first-order valence-corrected chi connectivity index (χ1v) is 7.92. The largest absolute Gasteiger partial charge is 0.494 e. The van der Waals surface area contributed by atoms with Crippen LogP contribution in [0.1, 0.15) is 56.4 Å². The summed E-state index contributed by atoms with van der Waals surface area (Å²) in [5.41, 5.74) is 3.75. The summed E-state index contributed by atoms with van der Waals surface area (Å²) >= 11 is 0. The number of hydrogen-bond donors (Lipinski definition) is 0. The Morgan fingerprint density at radius 2 is 1.71 bits per heavy atom. The number of pyridine rings is 1. The normalized spacial score (nSPS) is 12.1. The molecule has 0 N–H and O–H groups in total. The van der Waals surface area contributed by atoms with Crippen molar-refractivity contribution in [3.63, 3.8) is 0 Å². The van der Waals surface area contributed by atoms with E-state index in [4.69, 9.17) is 4.74 Å². The Balaban J connectivity index is 2.06. The van der Waals surface area contributed by atoms with Crippen LogP contribution in [0, 0.1) is 0 Å². The van der Waals surface area contributed by atoms with E-state index in [1.807, 2.05) is 25.3 Å². The minimum absolute atomic E-state index is 0.355. The SMILES string of the molecule is CCCCc1ccc(C(C)c2ccc(OCC)cc2)cn1. The van der Waals surface area contributed by atoms with Crippen molar-refractivity contribution in [1.82, 2.24) is 4.98 Å². The molecule has 2 rings (SSSR count). The molecule has 0 fully saturated rings. The molecule has 112 valence electrons. The van der Waals surface area contributed by atoms with Gasteiger partial charge in [-0.3, -0.25) is 4.98 Å². The summed E-state index contributed by atoms with van der Waals surface area (Å²) in [4.78, 5) is 4.59. The summed E-state index contributed by atoms with van der Waals surface area (Å²) in [7, 11) is 0. The Morgan fingerprint density at radius 3 is 2.29 bits per heavy atom. The van der Waals surface area contributed by atoms with Gasteiger partial charge < -0.3 is 4.74 Å². The molecule has 1 unspecified atom stereocenters. The maximum Gasteiger partial charge on any atom is 0.119 e. The molecule has 0 aliphatic carbocycles. The van der Waals surface area contributed by atoms with Crippen LogP contribution < -0.4 is 4.74 Å². The Labute approximate surface area is 128 Å². The summed E-state index contributed by atoms with van der Waals surface area (Å²) in [5.74, 6) is 1.29. The lowest BCUT2D eigenvalue weighted by Gasteiger charge is -2.13. The van der Waals surface area contributed by atoms with Crippen molar-refractivity contribution in [2.45, 2.75) is 46.0 Å². The highest BCUT2D eigenvalue weighted by Gasteiger charge is 2.09. The van der Waals surface area contributed by atoms with E-state index in [1.54, 1.807) is 0 Å². The number of ether oxygens (including phenoxy) is 1. The summed E-state index contributed by atoms with van der Waals surface area (Å²) in [6, 6.07) is 12.7. The van der Waals surface area contributed by atoms with E-state index in [-0.39, 0.29) is 0 Å². The fourth-order valence-electron chi connectivity index (χ4n) is 2.41. The molecular formula is C19H25NO. The Hall–Kier alpha value is -1.83. The van der Waals surface area contributed by atoms with Gasteiger partial charge in [-0.05, 0) is 49.1 Å². The van der Waals surface area contributed by atoms with Gasteiger partial charge in [-0.1, -0.05) is 38.5 Å². The van der Waals surface area contributed by atoms with Gasteiger partial charge in [-0.15, -0.1) is 0 Å². The molecular weight excluding hydrogens is 258 g/mol. The van der Waals surface area contributed by atoms with Crippen molar-refractivity contribution >= 4 is 0 Å². The Morgan fingerprint density at radius 1 is 1.00 bits per heavy atom. The predicted molar refractivity (Wildman–Crippen MR) is 88.0 cm³/mol. The van der Waals surface area contributed by atoms with Crippen LogP contribution in [0.5, 0.6) is 5.75 Å². The average molecular weight is 283 g/mol. The van der Waals surface area contributed by atoms with E-state index in [1.165, 1.54) is 29.7 Å². The number of rotatable bonds is 7. The van der Waals surface area contributed by atoms with Gasteiger partial charge >= 0.3 is 0 Å². The maximum absolute atomic E-state index is 5.49. The van der Waals surface area contributed by atoms with E-state index in [0.717, 1.165) is 12.2 Å². The van der Waals surface area contributed by atoms with Crippen molar-refractivity contribution in [3.8, 4) is 5.75 Å². The molecule has 0 amide bonds. The van der Waals surface area contributed by atoms with Gasteiger partial charge in [0.15, 0.2) is 0 Å². The predicted octanol–water partition coefficient (Wildman–Crippen LogP) is 4.97. The van der Waals surface area contributed by atoms with Gasteiger partial charge in [-0.2, -0.15) is 0 Å². The van der Waals surface area contributed by atoms with Crippen LogP contribution >= 0.6 is 0 Å². The van der Waals surface area contributed by atoms with Crippen LogP contribution in [0.4, 0.5) is 0 Å². The van der Waals surface area contributed by atoms with Gasteiger partial charge in [0.1, 0.15) is 5.75 Å². The van der Waals surface area contributed by atoms with E-state index in [9.17, 15) is 0 Å². The van der Waals surface area contributed by atoms with Gasteiger partial charge in [0, 0.05) is 17.8 Å². The average Bonchev–Trinajstić information content (AvgIpc) is 2.54. The zero-order valence-corrected chi connectivity index (χ0v) is 13.3. The van der Waals surface area contributed by atoms with Crippen LogP contribution in [0.3, 0.4) is 0 Å². The van der Waals surface area contributed by atoms with Gasteiger partial charge in [0.2, 0.25) is 0 Å². The van der Waals surface area contributed by atoms with Gasteiger partial charge in [0.05, 0.1) is 6.61 Å². The smallest absolute Gasteiger partial charge is 0.119 e. The van der Waals surface area contributed by atoms with Crippen molar-refractivity contribution in [3.05, 3.63) is 59.4 Å². The van der Waals surface area contributed by atoms with Crippen molar-refractivity contribution in [2.75, 3.05) is 6.61 Å². The minimum atomic E-state index is 0.355. The third kappa shape index (κ3) is 4.32. The molecule has 0 saturated carbocycles. The number of hydrogen-bond acceptors (Lipinski definition) is 2. The molecule has 2 heteroatoms.